The van der Waals surface area contributed by atoms with E-state index >= 15 is 0 Å². The quantitative estimate of drug-likeness (QED) is 0.846. The van der Waals surface area contributed by atoms with Gasteiger partial charge < -0.3 is 10.6 Å². The summed E-state index contributed by atoms with van der Waals surface area (Å²) in [5.41, 5.74) is 2.43. The Morgan fingerprint density at radius 2 is 2.06 bits per heavy atom. The van der Waals surface area contributed by atoms with Gasteiger partial charge in [-0.1, -0.05) is 0 Å². The van der Waals surface area contributed by atoms with Crippen molar-refractivity contribution < 1.29 is 4.79 Å². The third-order valence-corrected chi connectivity index (χ3v) is 3.13. The van der Waals surface area contributed by atoms with Crippen molar-refractivity contribution in [1.82, 2.24) is 10.6 Å². The van der Waals surface area contributed by atoms with Crippen LogP contribution < -0.4 is 10.6 Å². The van der Waals surface area contributed by atoms with Gasteiger partial charge in [-0.15, -0.1) is 0 Å². The molecule has 0 saturated carbocycles. The molecule has 0 unspecified atom stereocenters. The van der Waals surface area contributed by atoms with Crippen molar-refractivity contribution in [2.24, 2.45) is 0 Å². The molecule has 1 aromatic rings. The topological polar surface area (TPSA) is 41.1 Å². The summed E-state index contributed by atoms with van der Waals surface area (Å²) in [7, 11) is 0. The van der Waals surface area contributed by atoms with Gasteiger partial charge in [0.1, 0.15) is 0 Å². The van der Waals surface area contributed by atoms with Gasteiger partial charge in [0.25, 0.3) is 0 Å². The summed E-state index contributed by atoms with van der Waals surface area (Å²) in [6, 6.07) is 0. The molecule has 0 atom stereocenters. The zero-order valence-electron chi connectivity index (χ0n) is 10.4. The Morgan fingerprint density at radius 1 is 1.38 bits per heavy atom. The van der Waals surface area contributed by atoms with E-state index in [9.17, 15) is 4.79 Å². The minimum absolute atomic E-state index is 0.0182. The molecular formula is C12H20N2OS. The maximum Gasteiger partial charge on any atom is 0.234 e. The van der Waals surface area contributed by atoms with E-state index in [2.05, 4.69) is 28.3 Å². The molecule has 4 heteroatoms. The molecule has 0 aliphatic carbocycles. The van der Waals surface area contributed by atoms with Crippen molar-refractivity contribution in [3.63, 3.8) is 0 Å². The van der Waals surface area contributed by atoms with Gasteiger partial charge in [-0.25, -0.2) is 0 Å². The van der Waals surface area contributed by atoms with Gasteiger partial charge in [0, 0.05) is 12.1 Å². The lowest BCUT2D eigenvalue weighted by atomic mass is 10.1. The predicted molar refractivity (Wildman–Crippen MR) is 68.7 cm³/mol. The van der Waals surface area contributed by atoms with Gasteiger partial charge >= 0.3 is 0 Å². The Hall–Kier alpha value is -0.870. The minimum Gasteiger partial charge on any atom is -0.351 e. The molecule has 0 spiro atoms. The first-order chi connectivity index (χ1) is 7.38. The van der Waals surface area contributed by atoms with Crippen LogP contribution in [0, 0.1) is 6.92 Å². The van der Waals surface area contributed by atoms with Gasteiger partial charge in [0.15, 0.2) is 0 Å². The van der Waals surface area contributed by atoms with E-state index in [0.29, 0.717) is 13.1 Å². The Kier molecular flexibility index (Phi) is 4.50. The summed E-state index contributed by atoms with van der Waals surface area (Å²) in [6.45, 7) is 9.19. The van der Waals surface area contributed by atoms with E-state index in [1.54, 1.807) is 11.3 Å². The van der Waals surface area contributed by atoms with Gasteiger partial charge in [-0.3, -0.25) is 4.79 Å². The van der Waals surface area contributed by atoms with Crippen molar-refractivity contribution in [1.29, 1.82) is 0 Å². The van der Waals surface area contributed by atoms with Crippen LogP contribution in [0.1, 0.15) is 31.9 Å². The zero-order valence-corrected chi connectivity index (χ0v) is 11.2. The molecule has 0 fully saturated rings. The maximum atomic E-state index is 11.5. The molecule has 0 aromatic carbocycles. The monoisotopic (exact) mass is 240 g/mol. The molecule has 2 N–H and O–H groups in total. The van der Waals surface area contributed by atoms with E-state index in [-0.39, 0.29) is 11.4 Å². The number of hydrogen-bond acceptors (Lipinski definition) is 3. The highest BCUT2D eigenvalue weighted by atomic mass is 32.1. The summed E-state index contributed by atoms with van der Waals surface area (Å²) < 4.78 is 0. The van der Waals surface area contributed by atoms with Crippen LogP contribution in [0.25, 0.3) is 0 Å². The summed E-state index contributed by atoms with van der Waals surface area (Å²) in [5, 5.41) is 10.2. The van der Waals surface area contributed by atoms with Gasteiger partial charge in [-0.2, -0.15) is 11.3 Å². The van der Waals surface area contributed by atoms with E-state index < -0.39 is 0 Å². The average Bonchev–Trinajstić information content (AvgIpc) is 2.57. The first-order valence-electron chi connectivity index (χ1n) is 5.42. The molecule has 1 rings (SSSR count). The fourth-order valence-corrected chi connectivity index (χ4v) is 2.03. The maximum absolute atomic E-state index is 11.5. The Balaban J connectivity index is 2.29. The van der Waals surface area contributed by atoms with Crippen LogP contribution in [-0.4, -0.2) is 18.0 Å². The van der Waals surface area contributed by atoms with Crippen LogP contribution in [0.15, 0.2) is 10.8 Å². The van der Waals surface area contributed by atoms with Crippen molar-refractivity contribution in [3.8, 4) is 0 Å². The molecule has 1 heterocycles. The lowest BCUT2D eigenvalue weighted by Crippen LogP contribution is -2.43. The molecule has 16 heavy (non-hydrogen) atoms. The zero-order chi connectivity index (χ0) is 12.2. The number of rotatable bonds is 4. The number of nitrogens with one attached hydrogen (secondary N) is 2. The van der Waals surface area contributed by atoms with Gasteiger partial charge in [0.2, 0.25) is 5.91 Å². The predicted octanol–water partition coefficient (Wildman–Crippen LogP) is 2.06. The number of carbonyl (C=O) groups is 1. The highest BCUT2D eigenvalue weighted by molar-refractivity contribution is 7.08. The molecule has 0 aliphatic rings. The lowest BCUT2D eigenvalue weighted by molar-refractivity contribution is -0.120. The fraction of sp³-hybridized carbons (Fsp3) is 0.583. The highest BCUT2D eigenvalue weighted by Gasteiger charge is 2.11. The summed E-state index contributed by atoms with van der Waals surface area (Å²) in [4.78, 5) is 11.5. The van der Waals surface area contributed by atoms with Crippen LogP contribution in [-0.2, 0) is 11.3 Å². The van der Waals surface area contributed by atoms with Crippen LogP contribution in [0.3, 0.4) is 0 Å². The molecule has 3 nitrogen and oxygen atoms in total. The highest BCUT2D eigenvalue weighted by Crippen LogP contribution is 2.12. The third-order valence-electron chi connectivity index (χ3n) is 2.22. The smallest absolute Gasteiger partial charge is 0.234 e. The molecule has 0 bridgehead atoms. The molecule has 90 valence electrons. The third kappa shape index (κ3) is 4.77. The standard InChI is InChI=1S/C12H20N2OS/c1-9-7-16-8-10(9)5-13-11(15)6-14-12(2,3)4/h7-8,14H,5-6H2,1-4H3,(H,13,15). The van der Waals surface area contributed by atoms with Crippen LogP contribution >= 0.6 is 11.3 Å². The van der Waals surface area contributed by atoms with Crippen LogP contribution in [0.4, 0.5) is 0 Å². The summed E-state index contributed by atoms with van der Waals surface area (Å²) in [6.07, 6.45) is 0. The first-order valence-corrected chi connectivity index (χ1v) is 6.36. The molecule has 1 aromatic heterocycles. The van der Waals surface area contributed by atoms with E-state index in [1.807, 2.05) is 20.8 Å². The molecule has 0 radical (unpaired) electrons. The molecule has 0 aliphatic heterocycles. The minimum atomic E-state index is -0.0182. The molecular weight excluding hydrogens is 220 g/mol. The van der Waals surface area contributed by atoms with E-state index in [1.165, 1.54) is 11.1 Å². The SMILES string of the molecule is Cc1cscc1CNC(=O)CNC(C)(C)C. The number of thiophene rings is 1. The number of hydrogen-bond donors (Lipinski definition) is 2. The van der Waals surface area contributed by atoms with Crippen LogP contribution in [0.5, 0.6) is 0 Å². The van der Waals surface area contributed by atoms with Crippen molar-refractivity contribution in [3.05, 3.63) is 21.9 Å². The number of aryl methyl sites for hydroxylation is 1. The second kappa shape index (κ2) is 5.46. The Morgan fingerprint density at radius 3 is 2.56 bits per heavy atom. The normalized spacial score (nSPS) is 11.5. The fourth-order valence-electron chi connectivity index (χ4n) is 1.17. The van der Waals surface area contributed by atoms with E-state index in [4.69, 9.17) is 0 Å². The van der Waals surface area contributed by atoms with Gasteiger partial charge in [0.05, 0.1) is 6.54 Å². The summed E-state index contributed by atoms with van der Waals surface area (Å²) >= 11 is 1.67. The van der Waals surface area contributed by atoms with Crippen molar-refractivity contribution in [2.45, 2.75) is 39.8 Å². The Bertz CT molecular complexity index is 352. The second-order valence-electron chi connectivity index (χ2n) is 4.96. The Labute approximate surface area is 101 Å². The summed E-state index contributed by atoms with van der Waals surface area (Å²) in [5.74, 6) is 0.0422. The number of carbonyl (C=O) groups excluding carboxylic acids is 1. The van der Waals surface area contributed by atoms with Crippen LogP contribution in [0.2, 0.25) is 0 Å². The van der Waals surface area contributed by atoms with Crippen molar-refractivity contribution >= 4 is 17.2 Å². The van der Waals surface area contributed by atoms with Gasteiger partial charge in [-0.05, 0) is 49.6 Å². The van der Waals surface area contributed by atoms with Crippen molar-refractivity contribution in [2.75, 3.05) is 6.54 Å². The number of amides is 1. The van der Waals surface area contributed by atoms with E-state index in [0.717, 1.165) is 0 Å². The molecule has 0 saturated heterocycles. The largest absolute Gasteiger partial charge is 0.351 e. The average molecular weight is 240 g/mol. The lowest BCUT2D eigenvalue weighted by Gasteiger charge is -2.19. The first kappa shape index (κ1) is 13.2. The molecule has 1 amide bonds. The second-order valence-corrected chi connectivity index (χ2v) is 5.70.